The number of aromatic nitrogens is 3. The number of benzene rings is 1. The molecule has 3 aromatic rings. The van der Waals surface area contributed by atoms with Crippen LogP contribution in [0.3, 0.4) is 0 Å². The van der Waals surface area contributed by atoms with Gasteiger partial charge in [-0.25, -0.2) is 18.4 Å². The summed E-state index contributed by atoms with van der Waals surface area (Å²) in [5.41, 5.74) is -1.05. The molecular weight excluding hydrogens is 405 g/mol. The van der Waals surface area contributed by atoms with Crippen LogP contribution in [0.5, 0.6) is 0 Å². The van der Waals surface area contributed by atoms with Crippen molar-refractivity contribution in [3.8, 4) is 17.3 Å². The van der Waals surface area contributed by atoms with Gasteiger partial charge < -0.3 is 0 Å². The topological polar surface area (TPSA) is 88.1 Å². The summed E-state index contributed by atoms with van der Waals surface area (Å²) < 4.78 is 65.3. The summed E-state index contributed by atoms with van der Waals surface area (Å²) in [5.74, 6) is -0.177. The minimum atomic E-state index is -4.62. The summed E-state index contributed by atoms with van der Waals surface area (Å²) in [7, 11) is -3.69. The lowest BCUT2D eigenvalue weighted by Crippen LogP contribution is -2.15. The molecule has 0 spiro atoms. The Hall–Kier alpha value is -2.93. The van der Waals surface area contributed by atoms with Gasteiger partial charge in [-0.1, -0.05) is 19.1 Å². The van der Waals surface area contributed by atoms with Crippen molar-refractivity contribution >= 4 is 15.5 Å². The van der Waals surface area contributed by atoms with Gasteiger partial charge in [0.2, 0.25) is 0 Å². The molecule has 2 aromatic heterocycles. The number of alkyl halides is 3. The number of fused-ring (bicyclic) bond motifs is 1. The van der Waals surface area contributed by atoms with Crippen molar-refractivity contribution in [1.29, 1.82) is 5.26 Å². The highest BCUT2D eigenvalue weighted by molar-refractivity contribution is 7.91. The van der Waals surface area contributed by atoms with Crippen LogP contribution in [0.2, 0.25) is 0 Å². The van der Waals surface area contributed by atoms with E-state index in [0.717, 1.165) is 12.4 Å². The predicted molar refractivity (Wildman–Crippen MR) is 99.8 cm³/mol. The third-order valence-corrected chi connectivity index (χ3v) is 6.38. The molecule has 29 heavy (non-hydrogen) atoms. The number of nitriles is 1. The summed E-state index contributed by atoms with van der Waals surface area (Å²) in [6.45, 7) is 4.82. The smallest absolute Gasteiger partial charge is 0.290 e. The largest absolute Gasteiger partial charge is 0.433 e. The number of hydrogen-bond acceptors (Lipinski definition) is 5. The van der Waals surface area contributed by atoms with E-state index < -0.39 is 27.1 Å². The standard InChI is InChI=1S/C19H17F3N4O2S/c1-4-29(27,28)15-7-12(18(2,3)10-23)5-6-13(15)14-9-26-11-24-16(19(20,21)22)8-17(26)25-14/h5-9,11H,4H2,1-3H3. The highest BCUT2D eigenvalue weighted by Crippen LogP contribution is 2.33. The summed E-state index contributed by atoms with van der Waals surface area (Å²) >= 11 is 0. The monoisotopic (exact) mass is 422 g/mol. The normalized spacial score (nSPS) is 12.9. The van der Waals surface area contributed by atoms with E-state index in [1.54, 1.807) is 19.9 Å². The number of sulfone groups is 1. The zero-order chi connectivity index (χ0) is 21.6. The van der Waals surface area contributed by atoms with Crippen molar-refractivity contribution in [2.24, 2.45) is 0 Å². The van der Waals surface area contributed by atoms with Crippen LogP contribution in [0.4, 0.5) is 13.2 Å². The molecule has 0 atom stereocenters. The molecule has 0 aliphatic carbocycles. The number of hydrogen-bond donors (Lipinski definition) is 0. The van der Waals surface area contributed by atoms with Gasteiger partial charge in [0.1, 0.15) is 17.7 Å². The number of imidazole rings is 1. The second-order valence-corrected chi connectivity index (χ2v) is 9.26. The number of halogens is 3. The van der Waals surface area contributed by atoms with Gasteiger partial charge in [-0.2, -0.15) is 18.4 Å². The first-order valence-electron chi connectivity index (χ1n) is 8.60. The Morgan fingerprint density at radius 1 is 1.21 bits per heavy atom. The van der Waals surface area contributed by atoms with E-state index in [0.29, 0.717) is 5.56 Å². The Morgan fingerprint density at radius 3 is 2.48 bits per heavy atom. The Balaban J connectivity index is 2.24. The van der Waals surface area contributed by atoms with Crippen molar-refractivity contribution in [3.05, 3.63) is 48.0 Å². The maximum absolute atomic E-state index is 12.9. The van der Waals surface area contributed by atoms with Gasteiger partial charge in [0.25, 0.3) is 0 Å². The molecule has 6 nitrogen and oxygen atoms in total. The Bertz CT molecular complexity index is 1240. The van der Waals surface area contributed by atoms with Gasteiger partial charge in [-0.15, -0.1) is 0 Å². The molecule has 0 aliphatic heterocycles. The predicted octanol–water partition coefficient (Wildman–Crippen LogP) is 4.01. The fraction of sp³-hybridized carbons (Fsp3) is 0.316. The molecule has 2 heterocycles. The van der Waals surface area contributed by atoms with E-state index in [-0.39, 0.29) is 27.6 Å². The Morgan fingerprint density at radius 2 is 1.90 bits per heavy atom. The molecule has 0 fully saturated rings. The average molecular weight is 422 g/mol. The van der Waals surface area contributed by atoms with Crippen LogP contribution in [0.25, 0.3) is 16.9 Å². The average Bonchev–Trinajstić information content (AvgIpc) is 3.10. The van der Waals surface area contributed by atoms with E-state index in [1.165, 1.54) is 29.7 Å². The minimum absolute atomic E-state index is 0.0106. The lowest BCUT2D eigenvalue weighted by atomic mass is 9.86. The van der Waals surface area contributed by atoms with E-state index in [4.69, 9.17) is 0 Å². The van der Waals surface area contributed by atoms with E-state index in [9.17, 15) is 26.9 Å². The van der Waals surface area contributed by atoms with Crippen LogP contribution in [-0.4, -0.2) is 28.5 Å². The fourth-order valence-corrected chi connectivity index (χ4v) is 3.90. The molecule has 0 amide bonds. The van der Waals surface area contributed by atoms with Crippen molar-refractivity contribution in [2.45, 2.75) is 37.3 Å². The molecule has 3 rings (SSSR count). The lowest BCUT2D eigenvalue weighted by Gasteiger charge is -2.18. The van der Waals surface area contributed by atoms with E-state index >= 15 is 0 Å². The second-order valence-electron chi connectivity index (χ2n) is 7.01. The first-order valence-corrected chi connectivity index (χ1v) is 10.2. The highest BCUT2D eigenvalue weighted by atomic mass is 32.2. The summed E-state index contributed by atoms with van der Waals surface area (Å²) in [4.78, 5) is 7.52. The van der Waals surface area contributed by atoms with E-state index in [1.807, 2.05) is 0 Å². The fourth-order valence-electron chi connectivity index (χ4n) is 2.78. The van der Waals surface area contributed by atoms with Crippen LogP contribution < -0.4 is 0 Å². The third kappa shape index (κ3) is 3.82. The van der Waals surface area contributed by atoms with E-state index in [2.05, 4.69) is 16.0 Å². The maximum Gasteiger partial charge on any atom is 0.433 e. The number of rotatable bonds is 4. The van der Waals surface area contributed by atoms with Gasteiger partial charge in [0.15, 0.2) is 9.84 Å². The molecule has 0 aliphatic rings. The van der Waals surface area contributed by atoms with Crippen LogP contribution in [0.1, 0.15) is 32.0 Å². The zero-order valence-corrected chi connectivity index (χ0v) is 16.6. The minimum Gasteiger partial charge on any atom is -0.290 e. The van der Waals surface area contributed by atoms with Gasteiger partial charge in [0, 0.05) is 17.8 Å². The van der Waals surface area contributed by atoms with Gasteiger partial charge in [0.05, 0.1) is 27.8 Å². The molecule has 1 aromatic carbocycles. The van der Waals surface area contributed by atoms with Crippen molar-refractivity contribution in [3.63, 3.8) is 0 Å². The summed E-state index contributed by atoms with van der Waals surface area (Å²) in [5, 5.41) is 9.36. The molecule has 0 N–H and O–H groups in total. The molecule has 10 heteroatoms. The Kier molecular flexibility index (Phi) is 4.91. The molecule has 0 saturated heterocycles. The van der Waals surface area contributed by atoms with Crippen LogP contribution in [0.15, 0.2) is 41.7 Å². The molecule has 0 bridgehead atoms. The zero-order valence-electron chi connectivity index (χ0n) is 15.8. The quantitative estimate of drug-likeness (QED) is 0.634. The van der Waals surface area contributed by atoms with Gasteiger partial charge >= 0.3 is 6.18 Å². The third-order valence-electron chi connectivity index (χ3n) is 4.61. The molecule has 0 unspecified atom stereocenters. The van der Waals surface area contributed by atoms with Gasteiger partial charge in [-0.3, -0.25) is 4.40 Å². The van der Waals surface area contributed by atoms with Crippen LogP contribution >= 0.6 is 0 Å². The number of nitrogens with zero attached hydrogens (tertiary/aromatic N) is 4. The second kappa shape index (κ2) is 6.84. The molecule has 152 valence electrons. The first-order chi connectivity index (χ1) is 13.4. The maximum atomic E-state index is 12.9. The SMILES string of the molecule is CCS(=O)(=O)c1cc(C(C)(C)C#N)ccc1-c1cn2cnc(C(F)(F)F)cc2n1. The van der Waals surface area contributed by atoms with Crippen molar-refractivity contribution in [1.82, 2.24) is 14.4 Å². The lowest BCUT2D eigenvalue weighted by molar-refractivity contribution is -0.141. The van der Waals surface area contributed by atoms with Crippen molar-refractivity contribution in [2.75, 3.05) is 5.75 Å². The van der Waals surface area contributed by atoms with Crippen molar-refractivity contribution < 1.29 is 21.6 Å². The first kappa shape index (κ1) is 20.8. The Labute approximate surface area is 165 Å². The molecule has 0 saturated carbocycles. The molecular formula is C19H17F3N4O2S. The van der Waals surface area contributed by atoms with Gasteiger partial charge in [-0.05, 0) is 25.5 Å². The summed E-state index contributed by atoms with van der Waals surface area (Å²) in [6.07, 6.45) is -2.22. The molecule has 0 radical (unpaired) electrons. The highest BCUT2D eigenvalue weighted by Gasteiger charge is 2.33. The summed E-state index contributed by atoms with van der Waals surface area (Å²) in [6, 6.07) is 7.50. The van der Waals surface area contributed by atoms with Crippen LogP contribution in [0, 0.1) is 11.3 Å². The van der Waals surface area contributed by atoms with Crippen LogP contribution in [-0.2, 0) is 21.4 Å².